The quantitative estimate of drug-likeness (QED) is 0.505. The van der Waals surface area contributed by atoms with E-state index in [1.165, 1.54) is 6.20 Å². The van der Waals surface area contributed by atoms with Crippen LogP contribution in [0.4, 0.5) is 0 Å². The van der Waals surface area contributed by atoms with Gasteiger partial charge in [-0.05, 0) is 12.8 Å². The molecule has 1 heterocycles. The van der Waals surface area contributed by atoms with Gasteiger partial charge in [0.25, 0.3) is 0 Å². The molecule has 1 saturated carbocycles. The zero-order valence-electron chi connectivity index (χ0n) is 6.81. The summed E-state index contributed by atoms with van der Waals surface area (Å²) in [4.78, 5) is 8.00. The van der Waals surface area contributed by atoms with Crippen LogP contribution in [-0.2, 0) is 0 Å². The van der Waals surface area contributed by atoms with Gasteiger partial charge in [-0.3, -0.25) is 0 Å². The van der Waals surface area contributed by atoms with E-state index in [-0.39, 0.29) is 10.6 Å². The second-order valence-corrected chi connectivity index (χ2v) is 3.48. The first kappa shape index (κ1) is 8.93. The molecule has 1 aliphatic carbocycles. The summed E-state index contributed by atoms with van der Waals surface area (Å²) in [5.74, 6) is 1.12. The van der Waals surface area contributed by atoms with Gasteiger partial charge >= 0.3 is 7.12 Å². The Kier molecular flexibility index (Phi) is 2.23. The lowest BCUT2D eigenvalue weighted by Gasteiger charge is -2.02. The first-order valence-corrected chi connectivity index (χ1v) is 4.44. The highest BCUT2D eigenvalue weighted by Crippen LogP contribution is 2.37. The van der Waals surface area contributed by atoms with Gasteiger partial charge in [-0.1, -0.05) is 11.6 Å². The van der Waals surface area contributed by atoms with E-state index in [1.54, 1.807) is 0 Å². The van der Waals surface area contributed by atoms with Gasteiger partial charge in [-0.25, -0.2) is 9.97 Å². The van der Waals surface area contributed by atoms with Gasteiger partial charge in [0.2, 0.25) is 0 Å². The Balaban J connectivity index is 2.31. The molecule has 0 bridgehead atoms. The van der Waals surface area contributed by atoms with E-state index in [0.717, 1.165) is 12.8 Å². The van der Waals surface area contributed by atoms with Gasteiger partial charge in [-0.15, -0.1) is 0 Å². The summed E-state index contributed by atoms with van der Waals surface area (Å²) < 4.78 is 0. The Morgan fingerprint density at radius 3 is 2.62 bits per heavy atom. The predicted octanol–water partition coefficient (Wildman–Crippen LogP) is -0.313. The van der Waals surface area contributed by atoms with Crippen molar-refractivity contribution in [3.63, 3.8) is 0 Å². The number of hydrogen-bond donors (Lipinski definition) is 2. The number of aromatic nitrogens is 2. The molecular formula is C7H8BClN2O2. The van der Waals surface area contributed by atoms with Crippen molar-refractivity contribution in [3.8, 4) is 0 Å². The largest absolute Gasteiger partial charge is 0.493 e. The van der Waals surface area contributed by atoms with E-state index in [2.05, 4.69) is 9.97 Å². The van der Waals surface area contributed by atoms with Crippen LogP contribution in [0.2, 0.25) is 5.15 Å². The van der Waals surface area contributed by atoms with Gasteiger partial charge in [0.15, 0.2) is 0 Å². The summed E-state index contributed by atoms with van der Waals surface area (Å²) >= 11 is 5.73. The van der Waals surface area contributed by atoms with E-state index < -0.39 is 7.12 Å². The third-order valence-corrected chi connectivity index (χ3v) is 2.31. The first-order chi connectivity index (χ1) is 6.18. The molecule has 0 atom stereocenters. The Morgan fingerprint density at radius 1 is 1.46 bits per heavy atom. The Bertz CT molecular complexity index is 330. The Morgan fingerprint density at radius 2 is 2.15 bits per heavy atom. The topological polar surface area (TPSA) is 66.2 Å². The summed E-state index contributed by atoms with van der Waals surface area (Å²) in [5, 5.41) is 17.8. The smallest absolute Gasteiger partial charge is 0.423 e. The molecule has 2 N–H and O–H groups in total. The first-order valence-electron chi connectivity index (χ1n) is 4.07. The molecule has 0 unspecified atom stereocenters. The van der Waals surface area contributed by atoms with Crippen molar-refractivity contribution in [1.82, 2.24) is 9.97 Å². The minimum Gasteiger partial charge on any atom is -0.423 e. The van der Waals surface area contributed by atoms with Crippen LogP contribution < -0.4 is 5.46 Å². The van der Waals surface area contributed by atoms with Crippen LogP contribution >= 0.6 is 11.6 Å². The molecule has 0 amide bonds. The van der Waals surface area contributed by atoms with Gasteiger partial charge < -0.3 is 10.0 Å². The standard InChI is InChI=1S/C7H8BClN2O2/c9-6-5(8(12)13)3-10-7(11-6)4-1-2-4/h3-4,12-13H,1-2H2. The molecule has 1 fully saturated rings. The molecule has 1 aromatic heterocycles. The molecule has 0 aliphatic heterocycles. The van der Waals surface area contributed by atoms with Crippen molar-refractivity contribution in [2.75, 3.05) is 0 Å². The zero-order valence-corrected chi connectivity index (χ0v) is 7.57. The highest BCUT2D eigenvalue weighted by Gasteiger charge is 2.28. The summed E-state index contributed by atoms with van der Waals surface area (Å²) in [6.07, 6.45) is 3.56. The number of halogens is 1. The van der Waals surface area contributed by atoms with Crippen LogP contribution in [0.15, 0.2) is 6.20 Å². The van der Waals surface area contributed by atoms with Crippen LogP contribution in [0, 0.1) is 0 Å². The van der Waals surface area contributed by atoms with E-state index in [1.807, 2.05) is 0 Å². The maximum atomic E-state index is 8.84. The number of nitrogens with zero attached hydrogens (tertiary/aromatic N) is 2. The second kappa shape index (κ2) is 3.25. The third-order valence-electron chi connectivity index (χ3n) is 2.01. The Hall–Kier alpha value is -0.645. The average Bonchev–Trinajstić information content (AvgIpc) is 2.85. The molecule has 0 spiro atoms. The summed E-state index contributed by atoms with van der Waals surface area (Å²) in [6, 6.07) is 0. The van der Waals surface area contributed by atoms with Gasteiger partial charge in [-0.2, -0.15) is 0 Å². The summed E-state index contributed by atoms with van der Waals surface area (Å²) in [5.41, 5.74) is 0.158. The van der Waals surface area contributed by atoms with E-state index in [4.69, 9.17) is 21.6 Å². The molecule has 13 heavy (non-hydrogen) atoms. The maximum Gasteiger partial charge on any atom is 0.493 e. The second-order valence-electron chi connectivity index (χ2n) is 3.12. The van der Waals surface area contributed by atoms with Crippen LogP contribution in [-0.4, -0.2) is 27.1 Å². The van der Waals surface area contributed by atoms with E-state index in [9.17, 15) is 0 Å². The molecule has 0 aromatic carbocycles. The van der Waals surface area contributed by atoms with Crippen molar-refractivity contribution < 1.29 is 10.0 Å². The monoisotopic (exact) mass is 198 g/mol. The molecule has 1 aromatic rings. The lowest BCUT2D eigenvalue weighted by molar-refractivity contribution is 0.425. The lowest BCUT2D eigenvalue weighted by Crippen LogP contribution is -2.32. The average molecular weight is 198 g/mol. The van der Waals surface area contributed by atoms with Gasteiger partial charge in [0.1, 0.15) is 11.0 Å². The Labute approximate surface area is 80.7 Å². The highest BCUT2D eigenvalue weighted by molar-refractivity contribution is 6.62. The molecular weight excluding hydrogens is 190 g/mol. The minimum atomic E-state index is -1.60. The number of hydrogen-bond acceptors (Lipinski definition) is 4. The fourth-order valence-corrected chi connectivity index (χ4v) is 1.33. The van der Waals surface area contributed by atoms with Crippen molar-refractivity contribution >= 4 is 24.2 Å². The van der Waals surface area contributed by atoms with Crippen LogP contribution in [0.3, 0.4) is 0 Å². The third kappa shape index (κ3) is 1.82. The summed E-state index contributed by atoms with van der Waals surface area (Å²) in [7, 11) is -1.60. The molecule has 0 saturated heterocycles. The maximum absolute atomic E-state index is 8.84. The minimum absolute atomic E-state index is 0.131. The van der Waals surface area contributed by atoms with Crippen LogP contribution in [0.5, 0.6) is 0 Å². The van der Waals surface area contributed by atoms with Crippen LogP contribution in [0.1, 0.15) is 24.6 Å². The molecule has 68 valence electrons. The molecule has 0 radical (unpaired) electrons. The van der Waals surface area contributed by atoms with Crippen molar-refractivity contribution in [2.45, 2.75) is 18.8 Å². The fourth-order valence-electron chi connectivity index (χ4n) is 1.09. The van der Waals surface area contributed by atoms with E-state index >= 15 is 0 Å². The lowest BCUT2D eigenvalue weighted by atomic mass is 9.83. The van der Waals surface area contributed by atoms with Gasteiger partial charge in [0.05, 0.1) is 0 Å². The fraction of sp³-hybridized carbons (Fsp3) is 0.429. The van der Waals surface area contributed by atoms with Crippen molar-refractivity contribution in [1.29, 1.82) is 0 Å². The van der Waals surface area contributed by atoms with Crippen molar-refractivity contribution in [2.24, 2.45) is 0 Å². The molecule has 4 nitrogen and oxygen atoms in total. The SMILES string of the molecule is OB(O)c1cnc(C2CC2)nc1Cl. The zero-order chi connectivity index (χ0) is 9.42. The van der Waals surface area contributed by atoms with Crippen LogP contribution in [0.25, 0.3) is 0 Å². The van der Waals surface area contributed by atoms with Crippen molar-refractivity contribution in [3.05, 3.63) is 17.2 Å². The summed E-state index contributed by atoms with van der Waals surface area (Å²) in [6.45, 7) is 0. The normalized spacial score (nSPS) is 15.9. The highest BCUT2D eigenvalue weighted by atomic mass is 35.5. The van der Waals surface area contributed by atoms with E-state index in [0.29, 0.717) is 11.7 Å². The molecule has 2 rings (SSSR count). The predicted molar refractivity (Wildman–Crippen MR) is 48.8 cm³/mol. The van der Waals surface area contributed by atoms with Gasteiger partial charge in [0, 0.05) is 17.6 Å². The number of rotatable bonds is 2. The molecule has 6 heteroatoms. The molecule has 1 aliphatic rings.